The average molecular weight is 402 g/mol. The summed E-state index contributed by atoms with van der Waals surface area (Å²) in [6.45, 7) is 7.09. The van der Waals surface area contributed by atoms with Crippen molar-refractivity contribution in [1.82, 2.24) is 10.2 Å². The smallest absolute Gasteiger partial charge is 0.409 e. The molecule has 0 bridgehead atoms. The van der Waals surface area contributed by atoms with E-state index in [2.05, 4.69) is 19.2 Å². The third-order valence-electron chi connectivity index (χ3n) is 4.75. The van der Waals surface area contributed by atoms with Gasteiger partial charge in [0.1, 0.15) is 0 Å². The Morgan fingerprint density at radius 3 is 2.38 bits per heavy atom. The SMILES string of the molecule is CCOC(=O)N1CCC(NC(=O)COC(=O)/C=C/c2ccc(C(C)C)cc2)CC1. The maximum atomic E-state index is 12.0. The van der Waals surface area contributed by atoms with Crippen molar-refractivity contribution in [2.45, 2.75) is 45.6 Å². The quantitative estimate of drug-likeness (QED) is 0.560. The van der Waals surface area contributed by atoms with Crippen LogP contribution in [0.1, 0.15) is 50.7 Å². The number of esters is 1. The molecule has 2 rings (SSSR count). The lowest BCUT2D eigenvalue weighted by Gasteiger charge is -2.31. The van der Waals surface area contributed by atoms with E-state index in [1.54, 1.807) is 17.9 Å². The molecule has 29 heavy (non-hydrogen) atoms. The minimum absolute atomic E-state index is 0.0399. The van der Waals surface area contributed by atoms with Crippen LogP contribution in [0.15, 0.2) is 30.3 Å². The molecule has 0 radical (unpaired) electrons. The van der Waals surface area contributed by atoms with Gasteiger partial charge in [-0.3, -0.25) is 4.79 Å². The van der Waals surface area contributed by atoms with Crippen LogP contribution in [-0.4, -0.2) is 55.2 Å². The highest BCUT2D eigenvalue weighted by Crippen LogP contribution is 2.15. The van der Waals surface area contributed by atoms with Crippen molar-refractivity contribution >= 4 is 24.0 Å². The molecule has 7 heteroatoms. The van der Waals surface area contributed by atoms with Gasteiger partial charge in [0, 0.05) is 25.2 Å². The molecular formula is C22H30N2O5. The second-order valence-corrected chi connectivity index (χ2v) is 7.29. The first-order valence-corrected chi connectivity index (χ1v) is 10.0. The molecule has 1 aliphatic rings. The van der Waals surface area contributed by atoms with Gasteiger partial charge in [0.2, 0.25) is 0 Å². The summed E-state index contributed by atoms with van der Waals surface area (Å²) in [4.78, 5) is 37.1. The Bertz CT molecular complexity index is 719. The van der Waals surface area contributed by atoms with Gasteiger partial charge in [-0.15, -0.1) is 0 Å². The van der Waals surface area contributed by atoms with Crippen molar-refractivity contribution in [3.05, 3.63) is 41.5 Å². The van der Waals surface area contributed by atoms with E-state index < -0.39 is 5.97 Å². The molecule has 7 nitrogen and oxygen atoms in total. The van der Waals surface area contributed by atoms with E-state index in [0.29, 0.717) is 38.5 Å². The van der Waals surface area contributed by atoms with Crippen LogP contribution in [0.25, 0.3) is 6.08 Å². The molecule has 0 aliphatic carbocycles. The van der Waals surface area contributed by atoms with Gasteiger partial charge in [0.05, 0.1) is 6.61 Å². The van der Waals surface area contributed by atoms with Crippen molar-refractivity contribution in [1.29, 1.82) is 0 Å². The lowest BCUT2D eigenvalue weighted by Crippen LogP contribution is -2.47. The second-order valence-electron chi connectivity index (χ2n) is 7.29. The fraction of sp³-hybridized carbons (Fsp3) is 0.500. The van der Waals surface area contributed by atoms with Crippen LogP contribution in [0, 0.1) is 0 Å². The van der Waals surface area contributed by atoms with Gasteiger partial charge in [-0.1, -0.05) is 38.1 Å². The number of amides is 2. The topological polar surface area (TPSA) is 84.9 Å². The van der Waals surface area contributed by atoms with Gasteiger partial charge in [-0.05, 0) is 42.9 Å². The Morgan fingerprint density at radius 1 is 1.14 bits per heavy atom. The zero-order valence-electron chi connectivity index (χ0n) is 17.3. The number of hydrogen-bond acceptors (Lipinski definition) is 5. The number of nitrogens with zero attached hydrogens (tertiary/aromatic N) is 1. The van der Waals surface area contributed by atoms with Gasteiger partial charge >= 0.3 is 12.1 Å². The minimum Gasteiger partial charge on any atom is -0.452 e. The number of likely N-dealkylation sites (tertiary alicyclic amines) is 1. The summed E-state index contributed by atoms with van der Waals surface area (Å²) in [6, 6.07) is 7.89. The third kappa shape index (κ3) is 7.60. The number of nitrogens with one attached hydrogen (secondary N) is 1. The van der Waals surface area contributed by atoms with E-state index in [0.717, 1.165) is 5.56 Å². The predicted molar refractivity (Wildman–Crippen MR) is 110 cm³/mol. The van der Waals surface area contributed by atoms with E-state index in [-0.39, 0.29) is 24.6 Å². The highest BCUT2D eigenvalue weighted by atomic mass is 16.6. The van der Waals surface area contributed by atoms with Gasteiger partial charge < -0.3 is 19.7 Å². The van der Waals surface area contributed by atoms with Gasteiger partial charge in [0.15, 0.2) is 6.61 Å². The molecule has 0 atom stereocenters. The van der Waals surface area contributed by atoms with Crippen molar-refractivity contribution in [3.63, 3.8) is 0 Å². The number of carbonyl (C=O) groups excluding carboxylic acids is 3. The molecule has 1 aliphatic heterocycles. The lowest BCUT2D eigenvalue weighted by molar-refractivity contribution is -0.144. The Labute approximate surface area is 172 Å². The molecule has 158 valence electrons. The largest absolute Gasteiger partial charge is 0.452 e. The first kappa shape index (κ1) is 22.5. The van der Waals surface area contributed by atoms with Crippen molar-refractivity contribution in [3.8, 4) is 0 Å². The molecule has 0 aromatic heterocycles. The number of carbonyl (C=O) groups is 3. The van der Waals surface area contributed by atoms with Crippen molar-refractivity contribution in [2.24, 2.45) is 0 Å². The average Bonchev–Trinajstić information content (AvgIpc) is 2.71. The summed E-state index contributed by atoms with van der Waals surface area (Å²) in [5.41, 5.74) is 2.12. The highest BCUT2D eigenvalue weighted by Gasteiger charge is 2.24. The number of hydrogen-bond donors (Lipinski definition) is 1. The lowest BCUT2D eigenvalue weighted by atomic mass is 10.0. The molecule has 1 aromatic carbocycles. The molecule has 1 saturated heterocycles. The molecular weight excluding hydrogens is 372 g/mol. The maximum absolute atomic E-state index is 12.0. The summed E-state index contributed by atoms with van der Waals surface area (Å²) in [6.07, 6.45) is 3.94. The number of ether oxygens (including phenoxy) is 2. The Balaban J connectivity index is 1.68. The van der Waals surface area contributed by atoms with E-state index in [1.165, 1.54) is 11.6 Å². The van der Waals surface area contributed by atoms with Crippen LogP contribution >= 0.6 is 0 Å². The number of rotatable bonds is 7. The Hall–Kier alpha value is -2.83. The van der Waals surface area contributed by atoms with Crippen LogP contribution in [-0.2, 0) is 19.1 Å². The number of piperidine rings is 1. The first-order valence-electron chi connectivity index (χ1n) is 10.0. The van der Waals surface area contributed by atoms with Crippen molar-refractivity contribution < 1.29 is 23.9 Å². The fourth-order valence-electron chi connectivity index (χ4n) is 3.03. The molecule has 0 spiro atoms. The third-order valence-corrected chi connectivity index (χ3v) is 4.75. The summed E-state index contributed by atoms with van der Waals surface area (Å²) < 4.78 is 9.97. The van der Waals surface area contributed by atoms with Crippen LogP contribution < -0.4 is 5.32 Å². The van der Waals surface area contributed by atoms with Gasteiger partial charge in [-0.2, -0.15) is 0 Å². The first-order chi connectivity index (χ1) is 13.9. The molecule has 0 unspecified atom stereocenters. The maximum Gasteiger partial charge on any atom is 0.409 e. The van der Waals surface area contributed by atoms with Crippen LogP contribution in [0.5, 0.6) is 0 Å². The molecule has 1 fully saturated rings. The molecule has 2 amide bonds. The standard InChI is InChI=1S/C22H30N2O5/c1-4-28-22(27)24-13-11-19(12-14-24)23-20(25)15-29-21(26)10-7-17-5-8-18(9-6-17)16(2)3/h5-10,16,19H,4,11-15H2,1-3H3,(H,23,25)/b10-7+. The van der Waals surface area contributed by atoms with Crippen LogP contribution in [0.3, 0.4) is 0 Å². The Kier molecular flexibility index (Phi) is 8.70. The normalized spacial score (nSPS) is 14.8. The predicted octanol–water partition coefficient (Wildman–Crippen LogP) is 3.10. The summed E-state index contributed by atoms with van der Waals surface area (Å²) in [5.74, 6) is -0.457. The van der Waals surface area contributed by atoms with Crippen LogP contribution in [0.4, 0.5) is 4.79 Å². The van der Waals surface area contributed by atoms with E-state index >= 15 is 0 Å². The van der Waals surface area contributed by atoms with Crippen molar-refractivity contribution in [2.75, 3.05) is 26.3 Å². The molecule has 0 saturated carbocycles. The molecule has 1 N–H and O–H groups in total. The monoisotopic (exact) mass is 402 g/mol. The Morgan fingerprint density at radius 2 is 1.79 bits per heavy atom. The molecule has 1 heterocycles. The zero-order chi connectivity index (χ0) is 21.2. The van der Waals surface area contributed by atoms with Crippen LogP contribution in [0.2, 0.25) is 0 Å². The van der Waals surface area contributed by atoms with E-state index in [9.17, 15) is 14.4 Å². The zero-order valence-corrected chi connectivity index (χ0v) is 17.3. The summed E-state index contributed by atoms with van der Waals surface area (Å²) >= 11 is 0. The second kappa shape index (κ2) is 11.2. The van der Waals surface area contributed by atoms with Gasteiger partial charge in [-0.25, -0.2) is 9.59 Å². The van der Waals surface area contributed by atoms with Gasteiger partial charge in [0.25, 0.3) is 5.91 Å². The fourth-order valence-corrected chi connectivity index (χ4v) is 3.03. The number of benzene rings is 1. The van der Waals surface area contributed by atoms with E-state index in [1.807, 2.05) is 24.3 Å². The summed E-state index contributed by atoms with van der Waals surface area (Å²) in [7, 11) is 0. The minimum atomic E-state index is -0.565. The molecule has 1 aromatic rings. The van der Waals surface area contributed by atoms with E-state index in [4.69, 9.17) is 9.47 Å². The highest BCUT2D eigenvalue weighted by molar-refractivity contribution is 5.89. The summed E-state index contributed by atoms with van der Waals surface area (Å²) in [5, 5.41) is 2.84.